The van der Waals surface area contributed by atoms with E-state index in [9.17, 15) is 14.4 Å². The number of esters is 1. The van der Waals surface area contributed by atoms with Crippen LogP contribution in [0.2, 0.25) is 0 Å². The lowest BCUT2D eigenvalue weighted by Gasteiger charge is -2.31. The molecule has 0 aliphatic carbocycles. The van der Waals surface area contributed by atoms with Crippen LogP contribution in [-0.4, -0.2) is 48.9 Å². The minimum absolute atomic E-state index is 0.0479. The highest BCUT2D eigenvalue weighted by molar-refractivity contribution is 6.04. The second-order valence-electron chi connectivity index (χ2n) is 7.28. The second-order valence-corrected chi connectivity index (χ2v) is 7.28. The number of likely N-dealkylation sites (N-methyl/N-ethyl adjacent to an activating group) is 1. The maximum atomic E-state index is 12.8. The standard InChI is InChI=1S/C23H28N2O4/c1-3-21(26)24-14-8-11-18(15-24)23(28)29-16-22(27)25(4-2)20-13-7-10-17-9-5-6-12-19(17)20/h5-7,9-10,12-13,18H,3-4,8,11,14-16H2,1-2H3. The van der Waals surface area contributed by atoms with Crippen molar-refractivity contribution in [3.05, 3.63) is 42.5 Å². The van der Waals surface area contributed by atoms with Crippen LogP contribution >= 0.6 is 0 Å². The van der Waals surface area contributed by atoms with E-state index < -0.39 is 5.97 Å². The van der Waals surface area contributed by atoms with Gasteiger partial charge in [0.05, 0.1) is 11.6 Å². The van der Waals surface area contributed by atoms with Gasteiger partial charge in [0.15, 0.2) is 6.61 Å². The quantitative estimate of drug-likeness (QED) is 0.702. The summed E-state index contributed by atoms with van der Waals surface area (Å²) in [7, 11) is 0. The molecule has 1 atom stereocenters. The lowest BCUT2D eigenvalue weighted by Crippen LogP contribution is -2.43. The van der Waals surface area contributed by atoms with E-state index in [2.05, 4.69) is 0 Å². The van der Waals surface area contributed by atoms with Gasteiger partial charge in [0.25, 0.3) is 5.91 Å². The average molecular weight is 396 g/mol. The number of hydrogen-bond acceptors (Lipinski definition) is 4. The van der Waals surface area contributed by atoms with E-state index in [-0.39, 0.29) is 24.3 Å². The zero-order chi connectivity index (χ0) is 20.8. The van der Waals surface area contributed by atoms with Crippen LogP contribution in [0.25, 0.3) is 10.8 Å². The van der Waals surface area contributed by atoms with Gasteiger partial charge in [-0.25, -0.2) is 0 Å². The van der Waals surface area contributed by atoms with Crippen LogP contribution in [0.5, 0.6) is 0 Å². The molecule has 0 radical (unpaired) electrons. The maximum Gasteiger partial charge on any atom is 0.311 e. The van der Waals surface area contributed by atoms with Crippen molar-refractivity contribution in [3.8, 4) is 0 Å². The van der Waals surface area contributed by atoms with Gasteiger partial charge in [0, 0.05) is 31.4 Å². The van der Waals surface area contributed by atoms with Crippen LogP contribution in [0.15, 0.2) is 42.5 Å². The lowest BCUT2D eigenvalue weighted by atomic mass is 9.98. The number of carbonyl (C=O) groups excluding carboxylic acids is 3. The van der Waals surface area contributed by atoms with E-state index in [1.807, 2.05) is 56.3 Å². The van der Waals surface area contributed by atoms with Crippen molar-refractivity contribution in [2.75, 3.05) is 31.1 Å². The van der Waals surface area contributed by atoms with Crippen LogP contribution < -0.4 is 4.90 Å². The Labute approximate surface area is 171 Å². The van der Waals surface area contributed by atoms with E-state index in [0.717, 1.165) is 22.9 Å². The molecule has 6 nitrogen and oxygen atoms in total. The van der Waals surface area contributed by atoms with Crippen molar-refractivity contribution in [3.63, 3.8) is 0 Å². The molecule has 0 spiro atoms. The summed E-state index contributed by atoms with van der Waals surface area (Å²) in [6.45, 7) is 4.95. The zero-order valence-corrected chi connectivity index (χ0v) is 17.1. The van der Waals surface area contributed by atoms with Crippen LogP contribution in [0.4, 0.5) is 5.69 Å². The van der Waals surface area contributed by atoms with Gasteiger partial charge >= 0.3 is 5.97 Å². The zero-order valence-electron chi connectivity index (χ0n) is 17.1. The van der Waals surface area contributed by atoms with E-state index in [1.165, 1.54) is 0 Å². The highest BCUT2D eigenvalue weighted by Gasteiger charge is 2.29. The third-order valence-corrected chi connectivity index (χ3v) is 5.42. The van der Waals surface area contributed by atoms with Crippen molar-refractivity contribution in [2.45, 2.75) is 33.1 Å². The second kappa shape index (κ2) is 9.54. The highest BCUT2D eigenvalue weighted by atomic mass is 16.5. The van der Waals surface area contributed by atoms with Crippen molar-refractivity contribution in [1.82, 2.24) is 4.90 Å². The van der Waals surface area contributed by atoms with Gasteiger partial charge in [-0.05, 0) is 31.2 Å². The first kappa shape index (κ1) is 20.8. The molecule has 1 aliphatic rings. The largest absolute Gasteiger partial charge is 0.455 e. The summed E-state index contributed by atoms with van der Waals surface area (Å²) in [6, 6.07) is 13.7. The number of ether oxygens (including phenoxy) is 1. The van der Waals surface area contributed by atoms with Gasteiger partial charge in [-0.3, -0.25) is 14.4 Å². The van der Waals surface area contributed by atoms with Crippen LogP contribution in [0.1, 0.15) is 33.1 Å². The normalized spacial score (nSPS) is 16.5. The first-order valence-corrected chi connectivity index (χ1v) is 10.3. The smallest absolute Gasteiger partial charge is 0.311 e. The van der Waals surface area contributed by atoms with Crippen molar-refractivity contribution < 1.29 is 19.1 Å². The molecule has 2 amide bonds. The molecule has 3 rings (SSSR count). The molecular formula is C23H28N2O4. The Morgan fingerprint density at radius 2 is 1.86 bits per heavy atom. The Balaban J connectivity index is 1.64. The summed E-state index contributed by atoms with van der Waals surface area (Å²) in [5.74, 6) is -0.971. The van der Waals surface area contributed by atoms with Crippen LogP contribution in [-0.2, 0) is 19.1 Å². The number of anilines is 1. The Hall–Kier alpha value is -2.89. The van der Waals surface area contributed by atoms with Crippen molar-refractivity contribution in [1.29, 1.82) is 0 Å². The van der Waals surface area contributed by atoms with E-state index in [4.69, 9.17) is 4.74 Å². The molecule has 0 N–H and O–H groups in total. The molecule has 0 saturated carbocycles. The molecule has 0 bridgehead atoms. The summed E-state index contributed by atoms with van der Waals surface area (Å²) in [5, 5.41) is 2.04. The summed E-state index contributed by atoms with van der Waals surface area (Å²) < 4.78 is 5.35. The van der Waals surface area contributed by atoms with E-state index in [1.54, 1.807) is 9.80 Å². The third-order valence-electron chi connectivity index (χ3n) is 5.42. The van der Waals surface area contributed by atoms with E-state index >= 15 is 0 Å². The highest BCUT2D eigenvalue weighted by Crippen LogP contribution is 2.27. The monoisotopic (exact) mass is 396 g/mol. The fourth-order valence-electron chi connectivity index (χ4n) is 3.87. The number of carbonyl (C=O) groups is 3. The minimum Gasteiger partial charge on any atom is -0.455 e. The third kappa shape index (κ3) is 4.75. The van der Waals surface area contributed by atoms with Gasteiger partial charge < -0.3 is 14.5 Å². The van der Waals surface area contributed by atoms with Gasteiger partial charge in [0.1, 0.15) is 0 Å². The number of rotatable bonds is 6. The van der Waals surface area contributed by atoms with Gasteiger partial charge in [-0.1, -0.05) is 43.3 Å². The van der Waals surface area contributed by atoms with Gasteiger partial charge in [0.2, 0.25) is 5.91 Å². The van der Waals surface area contributed by atoms with Crippen LogP contribution in [0, 0.1) is 5.92 Å². The van der Waals surface area contributed by atoms with E-state index in [0.29, 0.717) is 32.5 Å². The Bertz CT molecular complexity index is 890. The molecule has 0 aromatic heterocycles. The number of piperidine rings is 1. The molecule has 29 heavy (non-hydrogen) atoms. The number of amides is 2. The molecule has 154 valence electrons. The molecule has 1 fully saturated rings. The predicted molar refractivity (Wildman–Crippen MR) is 113 cm³/mol. The van der Waals surface area contributed by atoms with Crippen molar-refractivity contribution in [2.24, 2.45) is 5.92 Å². The first-order valence-electron chi connectivity index (χ1n) is 10.3. The molecule has 1 saturated heterocycles. The summed E-state index contributed by atoms with van der Waals surface area (Å²) in [5.41, 5.74) is 0.809. The van der Waals surface area contributed by atoms with Gasteiger partial charge in [-0.15, -0.1) is 0 Å². The fourth-order valence-corrected chi connectivity index (χ4v) is 3.87. The molecule has 6 heteroatoms. The summed E-state index contributed by atoms with van der Waals surface area (Å²) in [4.78, 5) is 40.6. The Morgan fingerprint density at radius 1 is 1.10 bits per heavy atom. The fraction of sp³-hybridized carbons (Fsp3) is 0.435. The number of likely N-dealkylation sites (tertiary alicyclic amines) is 1. The minimum atomic E-state index is -0.402. The Morgan fingerprint density at radius 3 is 2.62 bits per heavy atom. The molecule has 1 heterocycles. The Kier molecular flexibility index (Phi) is 6.86. The molecule has 1 aliphatic heterocycles. The first-order chi connectivity index (χ1) is 14.0. The van der Waals surface area contributed by atoms with Gasteiger partial charge in [-0.2, -0.15) is 0 Å². The number of nitrogens with zero attached hydrogens (tertiary/aromatic N) is 2. The summed E-state index contributed by atoms with van der Waals surface area (Å²) in [6.07, 6.45) is 1.88. The van der Waals surface area contributed by atoms with Crippen LogP contribution in [0.3, 0.4) is 0 Å². The molecular weight excluding hydrogens is 368 g/mol. The average Bonchev–Trinajstić information content (AvgIpc) is 2.77. The SMILES string of the molecule is CCC(=O)N1CCCC(C(=O)OCC(=O)N(CC)c2cccc3ccccc23)C1. The number of benzene rings is 2. The summed E-state index contributed by atoms with van der Waals surface area (Å²) >= 11 is 0. The predicted octanol–water partition coefficient (Wildman–Crippen LogP) is 3.38. The number of hydrogen-bond donors (Lipinski definition) is 0. The van der Waals surface area contributed by atoms with Crippen molar-refractivity contribution >= 4 is 34.2 Å². The topological polar surface area (TPSA) is 66.9 Å². The maximum absolute atomic E-state index is 12.8. The molecule has 1 unspecified atom stereocenters. The number of fused-ring (bicyclic) bond motifs is 1. The lowest BCUT2D eigenvalue weighted by molar-refractivity contribution is -0.154. The molecule has 2 aromatic rings. The molecule has 2 aromatic carbocycles.